The van der Waals surface area contributed by atoms with E-state index in [0.29, 0.717) is 32.0 Å². The molecule has 1 aromatic carbocycles. The molecule has 0 amide bonds. The van der Waals surface area contributed by atoms with Gasteiger partial charge in [0.2, 0.25) is 0 Å². The van der Waals surface area contributed by atoms with Crippen LogP contribution in [0, 0.1) is 16.0 Å². The fourth-order valence-electron chi connectivity index (χ4n) is 2.57. The molecule has 1 saturated heterocycles. The van der Waals surface area contributed by atoms with Crippen LogP contribution in [0.4, 0.5) is 24.5 Å². The quantitative estimate of drug-likeness (QED) is 0.645. The number of aliphatic hydroxyl groups excluding tert-OH is 1. The first-order valence-corrected chi connectivity index (χ1v) is 8.52. The summed E-state index contributed by atoms with van der Waals surface area (Å²) in [6.07, 6.45) is 1.16. The first-order chi connectivity index (χ1) is 11.1. The van der Waals surface area contributed by atoms with Gasteiger partial charge in [-0.15, -0.1) is 0 Å². The lowest BCUT2D eigenvalue weighted by atomic mass is 9.97. The lowest BCUT2D eigenvalue weighted by Gasteiger charge is -2.32. The van der Waals surface area contributed by atoms with Gasteiger partial charge >= 0.3 is 5.51 Å². The number of hydrogen-bond donors (Lipinski definition) is 1. The zero-order valence-electron chi connectivity index (χ0n) is 12.4. The minimum Gasteiger partial charge on any atom is -0.396 e. The number of nitro groups is 1. The summed E-state index contributed by atoms with van der Waals surface area (Å²) < 4.78 is 60.6. The van der Waals surface area contributed by atoms with Crippen LogP contribution in [0.15, 0.2) is 23.1 Å². The van der Waals surface area contributed by atoms with Gasteiger partial charge in [0.25, 0.3) is 15.5 Å². The number of piperidine rings is 1. The Bertz CT molecular complexity index is 728. The van der Waals surface area contributed by atoms with E-state index < -0.39 is 30.9 Å². The first-order valence-electron chi connectivity index (χ1n) is 7.03. The number of hydrogen-bond acceptors (Lipinski definition) is 6. The summed E-state index contributed by atoms with van der Waals surface area (Å²) in [5, 5.41) is 20.3. The molecule has 1 aromatic rings. The van der Waals surface area contributed by atoms with Gasteiger partial charge in [0, 0.05) is 25.8 Å². The minimum absolute atomic E-state index is 0.00129. The summed E-state index contributed by atoms with van der Waals surface area (Å²) in [7, 11) is -5.65. The number of aliphatic hydroxyl groups is 1. The second-order valence-corrected chi connectivity index (χ2v) is 7.41. The second kappa shape index (κ2) is 6.55. The van der Waals surface area contributed by atoms with E-state index in [1.165, 1.54) is 0 Å². The third-order valence-corrected chi connectivity index (χ3v) is 5.46. The van der Waals surface area contributed by atoms with Gasteiger partial charge in [-0.05, 0) is 30.9 Å². The largest absolute Gasteiger partial charge is 0.501 e. The molecule has 134 valence electrons. The molecule has 0 bridgehead atoms. The van der Waals surface area contributed by atoms with Crippen LogP contribution in [-0.4, -0.2) is 43.7 Å². The van der Waals surface area contributed by atoms with Gasteiger partial charge < -0.3 is 10.0 Å². The summed E-state index contributed by atoms with van der Waals surface area (Å²) in [6.45, 7) is 0.771. The molecule has 1 N–H and O–H groups in total. The average molecular weight is 368 g/mol. The van der Waals surface area contributed by atoms with Crippen molar-refractivity contribution in [3.05, 3.63) is 28.3 Å². The van der Waals surface area contributed by atoms with E-state index in [2.05, 4.69) is 0 Å². The number of rotatable bonds is 4. The SMILES string of the molecule is O=[N+]([O-])c1cc(S(=O)(=O)C(F)(F)F)ccc1N1CCC(CO)CC1. The Kier molecular flexibility index (Phi) is 5.04. The highest BCUT2D eigenvalue weighted by atomic mass is 32.2. The fourth-order valence-corrected chi connectivity index (χ4v) is 3.36. The van der Waals surface area contributed by atoms with Crippen LogP contribution in [0.2, 0.25) is 0 Å². The van der Waals surface area contributed by atoms with E-state index in [-0.39, 0.29) is 18.2 Å². The third kappa shape index (κ3) is 3.46. The number of halogens is 3. The molecule has 1 aliphatic heterocycles. The van der Waals surface area contributed by atoms with Crippen molar-refractivity contribution in [2.75, 3.05) is 24.6 Å². The molecule has 0 saturated carbocycles. The maximum absolute atomic E-state index is 12.6. The highest BCUT2D eigenvalue weighted by molar-refractivity contribution is 7.92. The predicted molar refractivity (Wildman–Crippen MR) is 78.4 cm³/mol. The summed E-state index contributed by atoms with van der Waals surface area (Å²) in [5.41, 5.74) is -6.15. The average Bonchev–Trinajstić information content (AvgIpc) is 2.53. The van der Waals surface area contributed by atoms with Gasteiger partial charge in [0.1, 0.15) is 5.69 Å². The van der Waals surface area contributed by atoms with Gasteiger partial charge in [-0.2, -0.15) is 13.2 Å². The minimum atomic E-state index is -5.65. The summed E-state index contributed by atoms with van der Waals surface area (Å²) >= 11 is 0. The topological polar surface area (TPSA) is 101 Å². The van der Waals surface area contributed by atoms with Gasteiger partial charge in [-0.1, -0.05) is 0 Å². The van der Waals surface area contributed by atoms with Crippen LogP contribution in [0.1, 0.15) is 12.8 Å². The highest BCUT2D eigenvalue weighted by Crippen LogP contribution is 2.37. The lowest BCUT2D eigenvalue weighted by molar-refractivity contribution is -0.384. The molecule has 11 heteroatoms. The standard InChI is InChI=1S/C13H15F3N2O5S/c14-13(15,16)24(22,23)10-1-2-11(12(7-10)18(20)21)17-5-3-9(8-19)4-6-17/h1-2,7,9,19H,3-6,8H2. The Balaban J connectivity index is 2.40. The molecule has 2 rings (SSSR count). The van der Waals surface area contributed by atoms with Crippen molar-refractivity contribution >= 4 is 21.2 Å². The number of anilines is 1. The van der Waals surface area contributed by atoms with Crippen LogP contribution in [0.3, 0.4) is 0 Å². The Morgan fingerprint density at radius 3 is 2.33 bits per heavy atom. The van der Waals surface area contributed by atoms with E-state index in [0.717, 1.165) is 12.1 Å². The molecule has 0 aliphatic carbocycles. The number of benzene rings is 1. The van der Waals surface area contributed by atoms with Crippen molar-refractivity contribution < 1.29 is 31.6 Å². The molecule has 7 nitrogen and oxygen atoms in total. The molecule has 0 unspecified atom stereocenters. The molecule has 0 aromatic heterocycles. The molecule has 1 aliphatic rings. The summed E-state index contributed by atoms with van der Waals surface area (Å²) in [4.78, 5) is 10.7. The Labute approximate surface area is 135 Å². The van der Waals surface area contributed by atoms with Crippen LogP contribution in [0.25, 0.3) is 0 Å². The maximum atomic E-state index is 12.6. The molecule has 0 radical (unpaired) electrons. The van der Waals surface area contributed by atoms with E-state index in [4.69, 9.17) is 5.11 Å². The Morgan fingerprint density at radius 1 is 1.29 bits per heavy atom. The van der Waals surface area contributed by atoms with Crippen molar-refractivity contribution in [3.63, 3.8) is 0 Å². The molecule has 24 heavy (non-hydrogen) atoms. The molecule has 0 spiro atoms. The zero-order valence-corrected chi connectivity index (χ0v) is 13.2. The lowest BCUT2D eigenvalue weighted by Crippen LogP contribution is -2.35. The van der Waals surface area contributed by atoms with E-state index in [9.17, 15) is 31.7 Å². The molecular formula is C13H15F3N2O5S. The number of sulfone groups is 1. The van der Waals surface area contributed by atoms with Crippen molar-refractivity contribution in [2.24, 2.45) is 5.92 Å². The van der Waals surface area contributed by atoms with E-state index in [1.54, 1.807) is 4.90 Å². The van der Waals surface area contributed by atoms with Gasteiger partial charge in [-0.25, -0.2) is 8.42 Å². The van der Waals surface area contributed by atoms with Crippen molar-refractivity contribution in [1.29, 1.82) is 0 Å². The van der Waals surface area contributed by atoms with Crippen molar-refractivity contribution in [3.8, 4) is 0 Å². The number of alkyl halides is 3. The van der Waals surface area contributed by atoms with E-state index >= 15 is 0 Å². The zero-order chi connectivity index (χ0) is 18.1. The molecule has 1 fully saturated rings. The number of nitrogens with zero attached hydrogens (tertiary/aromatic N) is 2. The van der Waals surface area contributed by atoms with Crippen molar-refractivity contribution in [1.82, 2.24) is 0 Å². The van der Waals surface area contributed by atoms with Crippen LogP contribution >= 0.6 is 0 Å². The first kappa shape index (κ1) is 18.5. The predicted octanol–water partition coefficient (Wildman–Crippen LogP) is 2.10. The summed E-state index contributed by atoms with van der Waals surface area (Å²) in [5.74, 6) is 0.0742. The van der Waals surface area contributed by atoms with Gasteiger partial charge in [0.15, 0.2) is 0 Å². The van der Waals surface area contributed by atoms with Gasteiger partial charge in [0.05, 0.1) is 9.82 Å². The normalized spacial score (nSPS) is 17.1. The van der Waals surface area contributed by atoms with Gasteiger partial charge in [-0.3, -0.25) is 10.1 Å². The van der Waals surface area contributed by atoms with E-state index in [1.807, 2.05) is 0 Å². The van der Waals surface area contributed by atoms with Crippen LogP contribution in [0.5, 0.6) is 0 Å². The monoisotopic (exact) mass is 368 g/mol. The van der Waals surface area contributed by atoms with Crippen molar-refractivity contribution in [2.45, 2.75) is 23.2 Å². The summed E-state index contributed by atoms with van der Waals surface area (Å²) in [6, 6.07) is 2.19. The van der Waals surface area contributed by atoms with Crippen LogP contribution in [-0.2, 0) is 9.84 Å². The third-order valence-electron chi connectivity index (χ3n) is 3.97. The maximum Gasteiger partial charge on any atom is 0.501 e. The molecular weight excluding hydrogens is 353 g/mol. The highest BCUT2D eigenvalue weighted by Gasteiger charge is 2.47. The smallest absolute Gasteiger partial charge is 0.396 e. The Morgan fingerprint density at radius 2 is 1.88 bits per heavy atom. The van der Waals surface area contributed by atoms with Crippen LogP contribution < -0.4 is 4.90 Å². The molecule has 1 heterocycles. The molecule has 0 atom stereocenters. The second-order valence-electron chi connectivity index (χ2n) is 5.47. The number of nitro benzene ring substituents is 1. The fraction of sp³-hybridized carbons (Fsp3) is 0.538. The Hall–Kier alpha value is -1.88.